The van der Waals surface area contributed by atoms with Gasteiger partial charge in [-0.3, -0.25) is 4.90 Å². The fourth-order valence-corrected chi connectivity index (χ4v) is 2.34. The van der Waals surface area contributed by atoms with Gasteiger partial charge in [-0.15, -0.1) is 0 Å². The second-order valence-electron chi connectivity index (χ2n) is 5.45. The number of anilines is 1. The van der Waals surface area contributed by atoms with Crippen molar-refractivity contribution < 1.29 is 4.39 Å². The summed E-state index contributed by atoms with van der Waals surface area (Å²) < 4.78 is 13.0. The zero-order valence-electron chi connectivity index (χ0n) is 10.0. The van der Waals surface area contributed by atoms with Gasteiger partial charge in [0.1, 0.15) is 5.82 Å². The molecule has 0 heterocycles. The summed E-state index contributed by atoms with van der Waals surface area (Å²) in [6.07, 6.45) is 5.38. The van der Waals surface area contributed by atoms with Crippen LogP contribution in [-0.4, -0.2) is 17.5 Å². The van der Waals surface area contributed by atoms with Crippen LogP contribution < -0.4 is 5.73 Å². The van der Waals surface area contributed by atoms with Gasteiger partial charge in [0, 0.05) is 24.8 Å². The van der Waals surface area contributed by atoms with E-state index >= 15 is 0 Å². The van der Waals surface area contributed by atoms with E-state index in [1.807, 2.05) is 6.07 Å². The van der Waals surface area contributed by atoms with Crippen molar-refractivity contribution in [2.24, 2.45) is 5.92 Å². The number of nitrogens with zero attached hydrogens (tertiary/aromatic N) is 1. The lowest BCUT2D eigenvalue weighted by molar-refractivity contribution is 0.244. The minimum atomic E-state index is -0.244. The molecule has 17 heavy (non-hydrogen) atoms. The fourth-order valence-electron chi connectivity index (χ4n) is 2.34. The van der Waals surface area contributed by atoms with Crippen molar-refractivity contribution in [2.75, 3.05) is 12.3 Å². The highest BCUT2D eigenvalue weighted by molar-refractivity contribution is 5.46. The van der Waals surface area contributed by atoms with Gasteiger partial charge in [0.05, 0.1) is 0 Å². The number of nitrogens with two attached hydrogens (primary N) is 1. The van der Waals surface area contributed by atoms with Crippen molar-refractivity contribution in [1.29, 1.82) is 0 Å². The number of nitrogen functional groups attached to an aromatic ring is 1. The first kappa shape index (κ1) is 11.0. The molecule has 2 N–H and O–H groups in total. The lowest BCUT2D eigenvalue weighted by atomic mass is 10.1. The molecule has 3 heteroatoms. The third-order valence-corrected chi connectivity index (χ3v) is 3.73. The van der Waals surface area contributed by atoms with Crippen LogP contribution in [0.3, 0.4) is 0 Å². The predicted octanol–water partition coefficient (Wildman–Crippen LogP) is 2.78. The first-order valence-corrected chi connectivity index (χ1v) is 6.50. The number of rotatable bonds is 5. The van der Waals surface area contributed by atoms with Gasteiger partial charge < -0.3 is 5.73 Å². The van der Waals surface area contributed by atoms with Crippen LogP contribution >= 0.6 is 0 Å². The van der Waals surface area contributed by atoms with Crippen LogP contribution in [0.5, 0.6) is 0 Å². The average molecular weight is 234 g/mol. The van der Waals surface area contributed by atoms with E-state index < -0.39 is 0 Å². The van der Waals surface area contributed by atoms with Crippen molar-refractivity contribution in [1.82, 2.24) is 4.90 Å². The maximum Gasteiger partial charge on any atom is 0.125 e. The highest BCUT2D eigenvalue weighted by Crippen LogP contribution is 2.36. The second-order valence-corrected chi connectivity index (χ2v) is 5.45. The number of benzene rings is 1. The number of hydrogen-bond donors (Lipinski definition) is 1. The Morgan fingerprint density at radius 3 is 2.59 bits per heavy atom. The zero-order valence-corrected chi connectivity index (χ0v) is 10.0. The molecule has 3 rings (SSSR count). The topological polar surface area (TPSA) is 29.3 Å². The zero-order chi connectivity index (χ0) is 11.8. The molecule has 2 nitrogen and oxygen atoms in total. The van der Waals surface area contributed by atoms with E-state index in [-0.39, 0.29) is 5.82 Å². The van der Waals surface area contributed by atoms with Crippen LogP contribution in [0.2, 0.25) is 0 Å². The van der Waals surface area contributed by atoms with Crippen LogP contribution in [-0.2, 0) is 6.54 Å². The van der Waals surface area contributed by atoms with Gasteiger partial charge in [0.2, 0.25) is 0 Å². The molecular weight excluding hydrogens is 215 g/mol. The van der Waals surface area contributed by atoms with Gasteiger partial charge in [-0.2, -0.15) is 0 Å². The molecule has 0 amide bonds. The Morgan fingerprint density at radius 1 is 1.24 bits per heavy atom. The summed E-state index contributed by atoms with van der Waals surface area (Å²) in [7, 11) is 0. The quantitative estimate of drug-likeness (QED) is 0.794. The normalized spacial score (nSPS) is 19.9. The summed E-state index contributed by atoms with van der Waals surface area (Å²) in [5.41, 5.74) is 7.53. The molecule has 2 saturated carbocycles. The van der Waals surface area contributed by atoms with Gasteiger partial charge in [0.15, 0.2) is 0 Å². The van der Waals surface area contributed by atoms with E-state index in [0.717, 1.165) is 24.1 Å². The second kappa shape index (κ2) is 4.30. The van der Waals surface area contributed by atoms with Gasteiger partial charge in [0.25, 0.3) is 0 Å². The molecule has 0 radical (unpaired) electrons. The Labute approximate surface area is 102 Å². The summed E-state index contributed by atoms with van der Waals surface area (Å²) >= 11 is 0. The Bertz CT molecular complexity index is 411. The molecule has 0 saturated heterocycles. The molecular formula is C14H19FN2. The van der Waals surface area contributed by atoms with Gasteiger partial charge in [-0.25, -0.2) is 4.39 Å². The maximum atomic E-state index is 13.0. The van der Waals surface area contributed by atoms with E-state index in [9.17, 15) is 4.39 Å². The molecule has 0 bridgehead atoms. The minimum absolute atomic E-state index is 0.244. The van der Waals surface area contributed by atoms with E-state index in [1.54, 1.807) is 0 Å². The minimum Gasteiger partial charge on any atom is -0.398 e. The van der Waals surface area contributed by atoms with Gasteiger partial charge >= 0.3 is 0 Å². The third kappa shape index (κ3) is 2.78. The van der Waals surface area contributed by atoms with Crippen molar-refractivity contribution in [3.05, 3.63) is 29.6 Å². The van der Waals surface area contributed by atoms with E-state index in [2.05, 4.69) is 4.90 Å². The number of halogens is 1. The summed E-state index contributed by atoms with van der Waals surface area (Å²) in [4.78, 5) is 2.53. The first-order chi connectivity index (χ1) is 8.22. The molecule has 0 atom stereocenters. The van der Waals surface area contributed by atoms with E-state index in [1.165, 1.54) is 44.4 Å². The van der Waals surface area contributed by atoms with Crippen molar-refractivity contribution in [2.45, 2.75) is 38.3 Å². The lowest BCUT2D eigenvalue weighted by Gasteiger charge is -2.22. The third-order valence-electron chi connectivity index (χ3n) is 3.73. The molecule has 1 aromatic rings. The van der Waals surface area contributed by atoms with Crippen molar-refractivity contribution >= 4 is 5.69 Å². The van der Waals surface area contributed by atoms with Crippen LogP contribution in [0.4, 0.5) is 10.1 Å². The van der Waals surface area contributed by atoms with Crippen LogP contribution in [0, 0.1) is 11.7 Å². The predicted molar refractivity (Wildman–Crippen MR) is 67.0 cm³/mol. The summed E-state index contributed by atoms with van der Waals surface area (Å²) in [6.45, 7) is 2.08. The summed E-state index contributed by atoms with van der Waals surface area (Å²) in [5.74, 6) is 0.656. The van der Waals surface area contributed by atoms with Crippen LogP contribution in [0.1, 0.15) is 31.2 Å². The van der Waals surface area contributed by atoms with Crippen molar-refractivity contribution in [3.8, 4) is 0 Å². The Kier molecular flexibility index (Phi) is 2.79. The van der Waals surface area contributed by atoms with Gasteiger partial charge in [-0.05, 0) is 49.3 Å². The highest BCUT2D eigenvalue weighted by atomic mass is 19.1. The molecule has 2 aliphatic carbocycles. The Hall–Kier alpha value is -1.09. The smallest absolute Gasteiger partial charge is 0.125 e. The molecule has 92 valence electrons. The monoisotopic (exact) mass is 234 g/mol. The molecule has 0 unspecified atom stereocenters. The molecule has 2 fully saturated rings. The molecule has 1 aromatic carbocycles. The fraction of sp³-hybridized carbons (Fsp3) is 0.571. The maximum absolute atomic E-state index is 13.0. The average Bonchev–Trinajstić information content (AvgIpc) is 3.14. The standard InChI is InChI=1S/C14H19FN2/c15-12-4-3-11(14(16)7-12)9-17(13-5-6-13)8-10-1-2-10/h3-4,7,10,13H,1-2,5-6,8-9,16H2. The first-order valence-electron chi connectivity index (χ1n) is 6.50. The summed E-state index contributed by atoms with van der Waals surface area (Å²) in [5, 5.41) is 0. The summed E-state index contributed by atoms with van der Waals surface area (Å²) in [6, 6.07) is 5.51. The largest absolute Gasteiger partial charge is 0.398 e. The molecule has 0 aromatic heterocycles. The molecule has 0 aliphatic heterocycles. The molecule has 0 spiro atoms. The Balaban J connectivity index is 1.69. The number of hydrogen-bond acceptors (Lipinski definition) is 2. The van der Waals surface area contributed by atoms with Crippen LogP contribution in [0.25, 0.3) is 0 Å². The molecule has 2 aliphatic rings. The Morgan fingerprint density at radius 2 is 2.00 bits per heavy atom. The lowest BCUT2D eigenvalue weighted by Crippen LogP contribution is -2.28. The van der Waals surface area contributed by atoms with E-state index in [4.69, 9.17) is 5.73 Å². The van der Waals surface area contributed by atoms with E-state index in [0.29, 0.717) is 5.69 Å². The highest BCUT2D eigenvalue weighted by Gasteiger charge is 2.33. The van der Waals surface area contributed by atoms with Crippen molar-refractivity contribution in [3.63, 3.8) is 0 Å². The SMILES string of the molecule is Nc1cc(F)ccc1CN(CC1CC1)C1CC1. The van der Waals surface area contributed by atoms with Gasteiger partial charge in [-0.1, -0.05) is 6.07 Å². The van der Waals surface area contributed by atoms with Crippen LogP contribution in [0.15, 0.2) is 18.2 Å².